The Hall–Kier alpha value is -2.79. The van der Waals surface area contributed by atoms with E-state index in [-0.39, 0.29) is 42.0 Å². The summed E-state index contributed by atoms with van der Waals surface area (Å²) in [4.78, 5) is 56.3. The molecule has 1 aromatic rings. The number of hydrogen-bond donors (Lipinski definition) is 1. The first-order valence-corrected chi connectivity index (χ1v) is 19.3. The van der Waals surface area contributed by atoms with Crippen LogP contribution in [0, 0.1) is 17.8 Å². The van der Waals surface area contributed by atoms with Crippen LogP contribution in [-0.2, 0) is 25.5 Å². The van der Waals surface area contributed by atoms with Crippen molar-refractivity contribution in [3.8, 4) is 0 Å². The first kappa shape index (κ1) is 37.5. The third kappa shape index (κ3) is 7.63. The Morgan fingerprint density at radius 3 is 2.39 bits per heavy atom. The summed E-state index contributed by atoms with van der Waals surface area (Å²) in [7, 11) is 0. The summed E-state index contributed by atoms with van der Waals surface area (Å²) in [5.41, 5.74) is 0.371. The molecule has 274 valence electrons. The highest BCUT2D eigenvalue weighted by Gasteiger charge is 2.61. The lowest BCUT2D eigenvalue weighted by Crippen LogP contribution is -2.67. The number of ether oxygens (including phenoxy) is 2. The summed E-state index contributed by atoms with van der Waals surface area (Å²) in [5.74, 6) is -1.68. The number of carbonyl (C=O) groups excluding carboxylic acids is 2. The highest BCUT2D eigenvalue weighted by molar-refractivity contribution is 6.01. The quantitative estimate of drug-likeness (QED) is 0.250. The fraction of sp³-hybridized carbons (Fsp3) is 0.816. The standard InChI is InChI=1S/C38H62N6O5/c1-9-13-14-26(10-2)24-48-29-18-15-27(16-19-29)34-38(44-32(45)22-31(37(6,7)8)40-35(44)41-34)43(36(47)39-23-33(46)49-38)30-20-17-28(21-25(30)5)42(11-3)12-4/h22,25-30H,9-21,23-24H2,1-8H3,(H,39,47). The van der Waals surface area contributed by atoms with Crippen molar-refractivity contribution < 1.29 is 19.1 Å². The van der Waals surface area contributed by atoms with E-state index in [1.54, 1.807) is 4.90 Å². The number of carbonyl (C=O) groups is 2. The van der Waals surface area contributed by atoms with E-state index in [9.17, 15) is 14.4 Å². The first-order chi connectivity index (χ1) is 23.4. The molecule has 4 aliphatic rings. The number of hydrogen-bond acceptors (Lipinski definition) is 8. The molecule has 11 nitrogen and oxygen atoms in total. The second kappa shape index (κ2) is 15.6. The minimum atomic E-state index is -1.82. The van der Waals surface area contributed by atoms with Crippen LogP contribution in [0.25, 0.3) is 0 Å². The van der Waals surface area contributed by atoms with Crippen molar-refractivity contribution in [2.45, 2.75) is 155 Å². The number of fused-ring (bicyclic) bond motifs is 2. The molecule has 3 fully saturated rings. The molecule has 2 aliphatic heterocycles. The fourth-order valence-electron chi connectivity index (χ4n) is 8.67. The van der Waals surface area contributed by atoms with Crippen molar-refractivity contribution >= 4 is 23.7 Å². The number of urea groups is 1. The molecule has 0 aromatic carbocycles. The van der Waals surface area contributed by atoms with Gasteiger partial charge in [-0.15, -0.1) is 0 Å². The van der Waals surface area contributed by atoms with Crippen LogP contribution in [0.2, 0.25) is 0 Å². The Balaban J connectivity index is 1.53. The number of esters is 1. The molecule has 2 amide bonds. The average molecular weight is 683 g/mol. The summed E-state index contributed by atoms with van der Waals surface area (Å²) in [5, 5.41) is 2.82. The van der Waals surface area contributed by atoms with Crippen molar-refractivity contribution in [3.63, 3.8) is 0 Å². The molecule has 5 unspecified atom stereocenters. The molecule has 2 aliphatic carbocycles. The molecule has 1 saturated heterocycles. The van der Waals surface area contributed by atoms with Crippen molar-refractivity contribution in [1.29, 1.82) is 0 Å². The number of aliphatic imine (C=N–C) groups is 1. The van der Waals surface area contributed by atoms with Crippen LogP contribution in [0.4, 0.5) is 10.7 Å². The third-order valence-corrected chi connectivity index (χ3v) is 11.6. The Morgan fingerprint density at radius 2 is 1.78 bits per heavy atom. The van der Waals surface area contributed by atoms with E-state index in [0.29, 0.717) is 23.4 Å². The SMILES string of the molecule is CCCCC(CC)COC1CCC(C2=Nc3nc(C(C)(C)C)cc(=O)n3C23OC(=O)CNC(=O)N3C2CCC(N(CC)CC)CC2C)CC1. The number of unbranched alkanes of at least 4 members (excludes halogenated alkanes) is 1. The van der Waals surface area contributed by atoms with E-state index in [4.69, 9.17) is 19.5 Å². The van der Waals surface area contributed by atoms with Crippen LogP contribution in [0.5, 0.6) is 0 Å². The van der Waals surface area contributed by atoms with E-state index in [2.05, 4.69) is 44.8 Å². The summed E-state index contributed by atoms with van der Waals surface area (Å²) in [6, 6.07) is 1.23. The number of nitrogens with one attached hydrogen (secondary N) is 1. The minimum Gasteiger partial charge on any atom is -0.412 e. The van der Waals surface area contributed by atoms with Crippen molar-refractivity contribution in [1.82, 2.24) is 24.7 Å². The molecule has 49 heavy (non-hydrogen) atoms. The average Bonchev–Trinajstić information content (AvgIpc) is 3.33. The fourth-order valence-corrected chi connectivity index (χ4v) is 8.67. The van der Waals surface area contributed by atoms with Gasteiger partial charge in [0.1, 0.15) is 12.3 Å². The van der Waals surface area contributed by atoms with E-state index in [1.165, 1.54) is 29.9 Å². The number of rotatable bonds is 12. The van der Waals surface area contributed by atoms with E-state index in [0.717, 1.165) is 71.1 Å². The zero-order valence-electron chi connectivity index (χ0n) is 31.4. The molecule has 2 saturated carbocycles. The Morgan fingerprint density at radius 1 is 1.06 bits per heavy atom. The molecule has 11 heteroatoms. The molecule has 3 heterocycles. The first-order valence-electron chi connectivity index (χ1n) is 19.3. The highest BCUT2D eigenvalue weighted by atomic mass is 16.6. The van der Waals surface area contributed by atoms with Gasteiger partial charge in [0.15, 0.2) is 0 Å². The van der Waals surface area contributed by atoms with Crippen LogP contribution in [-0.4, -0.2) is 81.5 Å². The number of amides is 2. The largest absolute Gasteiger partial charge is 0.412 e. The summed E-state index contributed by atoms with van der Waals surface area (Å²) in [6.45, 7) is 19.5. The summed E-state index contributed by atoms with van der Waals surface area (Å²) in [6.07, 6.45) is 10.6. The number of aromatic nitrogens is 2. The van der Waals surface area contributed by atoms with Gasteiger partial charge in [-0.05, 0) is 76.3 Å². The molecule has 1 spiro atoms. The second-order valence-electron chi connectivity index (χ2n) is 15.9. The summed E-state index contributed by atoms with van der Waals surface area (Å²) >= 11 is 0. The van der Waals surface area contributed by atoms with Gasteiger partial charge in [-0.1, -0.05) is 74.7 Å². The zero-order chi connectivity index (χ0) is 35.5. The van der Waals surface area contributed by atoms with Crippen LogP contribution in [0.1, 0.15) is 132 Å². The zero-order valence-corrected chi connectivity index (χ0v) is 31.4. The van der Waals surface area contributed by atoms with Gasteiger partial charge in [-0.25, -0.2) is 19.3 Å². The van der Waals surface area contributed by atoms with Crippen molar-refractivity contribution in [3.05, 3.63) is 22.1 Å². The van der Waals surface area contributed by atoms with Crippen molar-refractivity contribution in [2.24, 2.45) is 22.7 Å². The molecule has 1 N–H and O–H groups in total. The molecule has 0 radical (unpaired) electrons. The topological polar surface area (TPSA) is 118 Å². The predicted octanol–water partition coefficient (Wildman–Crippen LogP) is 6.50. The smallest absolute Gasteiger partial charge is 0.329 e. The molecule has 0 bridgehead atoms. The van der Waals surface area contributed by atoms with E-state index in [1.807, 2.05) is 20.8 Å². The van der Waals surface area contributed by atoms with Gasteiger partial charge in [0, 0.05) is 36.1 Å². The van der Waals surface area contributed by atoms with Gasteiger partial charge < -0.3 is 19.7 Å². The maximum absolute atomic E-state index is 14.3. The molecular weight excluding hydrogens is 620 g/mol. The van der Waals surface area contributed by atoms with Crippen molar-refractivity contribution in [2.75, 3.05) is 26.2 Å². The molecule has 1 aromatic heterocycles. The monoisotopic (exact) mass is 682 g/mol. The lowest BCUT2D eigenvalue weighted by atomic mass is 9.78. The van der Waals surface area contributed by atoms with Gasteiger partial charge in [-0.2, -0.15) is 0 Å². The Labute approximate surface area is 293 Å². The molecule has 5 atom stereocenters. The van der Waals surface area contributed by atoms with Gasteiger partial charge in [0.2, 0.25) is 5.95 Å². The second-order valence-corrected chi connectivity index (χ2v) is 15.9. The Bertz CT molecular complexity index is 1410. The lowest BCUT2D eigenvalue weighted by molar-refractivity contribution is -0.184. The lowest BCUT2D eigenvalue weighted by Gasteiger charge is -2.50. The molecule has 5 rings (SSSR count). The van der Waals surface area contributed by atoms with Gasteiger partial charge in [0.05, 0.1) is 11.8 Å². The maximum Gasteiger partial charge on any atom is 0.329 e. The maximum atomic E-state index is 14.3. The van der Waals surface area contributed by atoms with Crippen LogP contribution < -0.4 is 10.9 Å². The van der Waals surface area contributed by atoms with E-state index < -0.39 is 23.3 Å². The Kier molecular flexibility index (Phi) is 11.9. The van der Waals surface area contributed by atoms with Crippen LogP contribution in [0.3, 0.4) is 0 Å². The van der Waals surface area contributed by atoms with E-state index >= 15 is 0 Å². The van der Waals surface area contributed by atoms with Gasteiger partial charge >= 0.3 is 17.8 Å². The summed E-state index contributed by atoms with van der Waals surface area (Å²) < 4.78 is 14.4. The van der Waals surface area contributed by atoms with Crippen LogP contribution in [0.15, 0.2) is 15.9 Å². The minimum absolute atomic E-state index is 0.0879. The van der Waals surface area contributed by atoms with Crippen LogP contribution >= 0.6 is 0 Å². The number of nitrogens with zero attached hydrogens (tertiary/aromatic N) is 5. The van der Waals surface area contributed by atoms with Gasteiger partial charge in [-0.3, -0.25) is 14.5 Å². The van der Waals surface area contributed by atoms with Gasteiger partial charge in [0.25, 0.3) is 5.56 Å². The predicted molar refractivity (Wildman–Crippen MR) is 192 cm³/mol. The molecular formula is C38H62N6O5. The highest BCUT2D eigenvalue weighted by Crippen LogP contribution is 2.46. The third-order valence-electron chi connectivity index (χ3n) is 11.6. The normalized spacial score (nSPS) is 29.8.